The Hall–Kier alpha value is -2.07. The summed E-state index contributed by atoms with van der Waals surface area (Å²) in [4.78, 5) is 2.32. The zero-order valence-corrected chi connectivity index (χ0v) is 12.9. The van der Waals surface area contributed by atoms with Gasteiger partial charge in [-0.1, -0.05) is 35.9 Å². The van der Waals surface area contributed by atoms with Crippen LogP contribution in [0.5, 0.6) is 0 Å². The van der Waals surface area contributed by atoms with Crippen LogP contribution in [-0.4, -0.2) is 37.4 Å². The highest BCUT2D eigenvalue weighted by Crippen LogP contribution is 2.18. The third kappa shape index (κ3) is 3.39. The molecule has 0 aromatic heterocycles. The molecule has 5 heteroatoms. The summed E-state index contributed by atoms with van der Waals surface area (Å²) in [5.41, 5.74) is 1.57. The Morgan fingerprint density at radius 3 is 2.36 bits per heavy atom. The molecule has 0 bridgehead atoms. The van der Waals surface area contributed by atoms with Crippen molar-refractivity contribution in [2.24, 2.45) is 5.10 Å². The highest BCUT2D eigenvalue weighted by atomic mass is 35.5. The van der Waals surface area contributed by atoms with Crippen LogP contribution in [0.2, 0.25) is 5.02 Å². The highest BCUT2D eigenvalue weighted by molar-refractivity contribution is 6.33. The van der Waals surface area contributed by atoms with Gasteiger partial charge in [0.15, 0.2) is 0 Å². The zero-order chi connectivity index (χ0) is 15.4. The number of hydrogen-bond acceptors (Lipinski definition) is 3. The number of hydrazone groups is 1. The van der Waals surface area contributed by atoms with E-state index in [9.17, 15) is 4.39 Å². The summed E-state index contributed by atoms with van der Waals surface area (Å²) in [7, 11) is 0. The molecule has 0 atom stereocenters. The fourth-order valence-corrected chi connectivity index (χ4v) is 2.69. The first-order chi connectivity index (χ1) is 10.7. The Morgan fingerprint density at radius 2 is 1.68 bits per heavy atom. The van der Waals surface area contributed by atoms with Gasteiger partial charge in [0, 0.05) is 24.3 Å². The SMILES string of the molecule is Fc1cccc(Cl)c1/C=N\N1CCN(c2ccccc2)CC1. The molecule has 0 radical (unpaired) electrons. The molecule has 1 heterocycles. The standard InChI is InChI=1S/C17H17ClFN3/c18-16-7-4-8-17(19)15(16)13-20-22-11-9-21(10-12-22)14-5-2-1-3-6-14/h1-8,13H,9-12H2/b20-13-. The molecular formula is C17H17ClFN3. The molecule has 0 unspecified atom stereocenters. The number of piperazine rings is 1. The molecule has 3 nitrogen and oxygen atoms in total. The summed E-state index contributed by atoms with van der Waals surface area (Å²) in [5, 5.41) is 6.69. The monoisotopic (exact) mass is 317 g/mol. The van der Waals surface area contributed by atoms with Gasteiger partial charge in [-0.2, -0.15) is 5.10 Å². The van der Waals surface area contributed by atoms with Crippen molar-refractivity contribution in [2.45, 2.75) is 0 Å². The van der Waals surface area contributed by atoms with Gasteiger partial charge in [-0.15, -0.1) is 0 Å². The average molecular weight is 318 g/mol. The summed E-state index contributed by atoms with van der Waals surface area (Å²) in [6, 6.07) is 15.0. The fraction of sp³-hybridized carbons (Fsp3) is 0.235. The lowest BCUT2D eigenvalue weighted by molar-refractivity contribution is 0.272. The number of rotatable bonds is 3. The van der Waals surface area contributed by atoms with Gasteiger partial charge >= 0.3 is 0 Å². The van der Waals surface area contributed by atoms with Crippen LogP contribution in [0.1, 0.15) is 5.56 Å². The van der Waals surface area contributed by atoms with E-state index in [0.29, 0.717) is 10.6 Å². The molecule has 0 aliphatic carbocycles. The van der Waals surface area contributed by atoms with Crippen LogP contribution in [0.15, 0.2) is 53.6 Å². The molecule has 1 fully saturated rings. The van der Waals surface area contributed by atoms with Crippen molar-refractivity contribution in [1.29, 1.82) is 0 Å². The van der Waals surface area contributed by atoms with Gasteiger partial charge in [0.1, 0.15) is 5.82 Å². The van der Waals surface area contributed by atoms with Gasteiger partial charge in [-0.05, 0) is 24.3 Å². The number of hydrogen-bond donors (Lipinski definition) is 0. The minimum atomic E-state index is -0.348. The van der Waals surface area contributed by atoms with Crippen molar-refractivity contribution < 1.29 is 4.39 Å². The fourth-order valence-electron chi connectivity index (χ4n) is 2.48. The minimum absolute atomic E-state index is 0.342. The van der Waals surface area contributed by atoms with Crippen molar-refractivity contribution in [3.05, 3.63) is 64.9 Å². The Balaban J connectivity index is 1.61. The lowest BCUT2D eigenvalue weighted by Gasteiger charge is -2.34. The second-order valence-electron chi connectivity index (χ2n) is 5.16. The van der Waals surface area contributed by atoms with Gasteiger partial charge in [0.25, 0.3) is 0 Å². The highest BCUT2D eigenvalue weighted by Gasteiger charge is 2.15. The van der Waals surface area contributed by atoms with Gasteiger partial charge < -0.3 is 4.90 Å². The second kappa shape index (κ2) is 6.79. The topological polar surface area (TPSA) is 18.8 Å². The van der Waals surface area contributed by atoms with Crippen LogP contribution in [0, 0.1) is 5.82 Å². The quantitative estimate of drug-likeness (QED) is 0.805. The number of nitrogens with zero attached hydrogens (tertiary/aromatic N) is 3. The van der Waals surface area contributed by atoms with Crippen molar-refractivity contribution in [3.63, 3.8) is 0 Å². The molecule has 1 aliphatic heterocycles. The zero-order valence-electron chi connectivity index (χ0n) is 12.1. The van der Waals surface area contributed by atoms with Crippen molar-refractivity contribution in [1.82, 2.24) is 5.01 Å². The third-order valence-corrected chi connectivity index (χ3v) is 4.06. The molecule has 3 rings (SSSR count). The summed E-state index contributed by atoms with van der Waals surface area (Å²) in [5.74, 6) is -0.348. The van der Waals surface area contributed by atoms with Crippen LogP contribution in [-0.2, 0) is 0 Å². The van der Waals surface area contributed by atoms with Gasteiger partial charge in [-0.25, -0.2) is 4.39 Å². The maximum atomic E-state index is 13.7. The first-order valence-corrected chi connectivity index (χ1v) is 7.65. The molecule has 0 saturated carbocycles. The summed E-state index contributed by atoms with van der Waals surface area (Å²) in [6.45, 7) is 3.40. The third-order valence-electron chi connectivity index (χ3n) is 3.73. The second-order valence-corrected chi connectivity index (χ2v) is 5.56. The number of benzene rings is 2. The maximum absolute atomic E-state index is 13.7. The van der Waals surface area contributed by atoms with E-state index in [4.69, 9.17) is 11.6 Å². The first kappa shape index (κ1) is 14.9. The van der Waals surface area contributed by atoms with E-state index in [2.05, 4.69) is 22.1 Å². The van der Waals surface area contributed by atoms with E-state index in [1.165, 1.54) is 18.0 Å². The van der Waals surface area contributed by atoms with Crippen LogP contribution in [0.25, 0.3) is 0 Å². The van der Waals surface area contributed by atoms with Crippen LogP contribution in [0.3, 0.4) is 0 Å². The predicted octanol–water partition coefficient (Wildman–Crippen LogP) is 3.64. The predicted molar refractivity (Wildman–Crippen MR) is 89.2 cm³/mol. The molecule has 0 spiro atoms. The Kier molecular flexibility index (Phi) is 4.59. The van der Waals surface area contributed by atoms with Crippen molar-refractivity contribution >= 4 is 23.5 Å². The molecule has 0 N–H and O–H groups in total. The molecular weight excluding hydrogens is 301 g/mol. The van der Waals surface area contributed by atoms with E-state index in [-0.39, 0.29) is 5.82 Å². The van der Waals surface area contributed by atoms with Crippen LogP contribution in [0.4, 0.5) is 10.1 Å². The van der Waals surface area contributed by atoms with Crippen molar-refractivity contribution in [2.75, 3.05) is 31.1 Å². The Labute approximate surface area is 134 Å². The molecule has 2 aromatic rings. The van der Waals surface area contributed by atoms with Gasteiger partial charge in [0.05, 0.1) is 24.3 Å². The minimum Gasteiger partial charge on any atom is -0.368 e. The van der Waals surface area contributed by atoms with E-state index in [1.54, 1.807) is 12.1 Å². The van der Waals surface area contributed by atoms with Gasteiger partial charge in [-0.3, -0.25) is 5.01 Å². The molecule has 1 aliphatic rings. The first-order valence-electron chi connectivity index (χ1n) is 7.27. The lowest BCUT2D eigenvalue weighted by atomic mass is 10.2. The van der Waals surface area contributed by atoms with Crippen LogP contribution < -0.4 is 4.90 Å². The summed E-state index contributed by atoms with van der Waals surface area (Å²) < 4.78 is 13.7. The Morgan fingerprint density at radius 1 is 0.955 bits per heavy atom. The molecule has 0 amide bonds. The largest absolute Gasteiger partial charge is 0.368 e. The van der Waals surface area contributed by atoms with Crippen LogP contribution >= 0.6 is 11.6 Å². The number of halogens is 2. The number of para-hydroxylation sites is 1. The molecule has 114 valence electrons. The van der Waals surface area contributed by atoms with Gasteiger partial charge in [0.2, 0.25) is 0 Å². The van der Waals surface area contributed by atoms with Crippen molar-refractivity contribution in [3.8, 4) is 0 Å². The molecule has 1 saturated heterocycles. The average Bonchev–Trinajstić information content (AvgIpc) is 2.56. The number of anilines is 1. The van der Waals surface area contributed by atoms with E-state index in [0.717, 1.165) is 26.2 Å². The molecule has 22 heavy (non-hydrogen) atoms. The lowest BCUT2D eigenvalue weighted by Crippen LogP contribution is -2.44. The van der Waals surface area contributed by atoms with E-state index in [1.807, 2.05) is 23.2 Å². The normalized spacial score (nSPS) is 15.5. The smallest absolute Gasteiger partial charge is 0.133 e. The van der Waals surface area contributed by atoms with E-state index >= 15 is 0 Å². The maximum Gasteiger partial charge on any atom is 0.133 e. The summed E-state index contributed by atoms with van der Waals surface area (Å²) in [6.07, 6.45) is 1.51. The summed E-state index contributed by atoms with van der Waals surface area (Å²) >= 11 is 5.99. The Bertz CT molecular complexity index is 632. The van der Waals surface area contributed by atoms with E-state index < -0.39 is 0 Å². The molecule has 2 aromatic carbocycles.